The third kappa shape index (κ3) is 3.91. The lowest BCUT2D eigenvalue weighted by molar-refractivity contribution is 0.581. The van der Waals surface area contributed by atoms with Crippen LogP contribution in [0.25, 0.3) is 0 Å². The summed E-state index contributed by atoms with van der Waals surface area (Å²) in [6.07, 6.45) is 0.904. The second-order valence-corrected chi connectivity index (χ2v) is 7.68. The number of hydrogen-bond acceptors (Lipinski definition) is 4. The van der Waals surface area contributed by atoms with Gasteiger partial charge >= 0.3 is 0 Å². The van der Waals surface area contributed by atoms with Crippen LogP contribution in [0.2, 0.25) is 0 Å². The highest BCUT2D eigenvalue weighted by Crippen LogP contribution is 2.19. The van der Waals surface area contributed by atoms with Crippen molar-refractivity contribution < 1.29 is 8.42 Å². The lowest BCUT2D eigenvalue weighted by Gasteiger charge is -2.10. The maximum atomic E-state index is 12.4. The summed E-state index contributed by atoms with van der Waals surface area (Å²) in [5.41, 5.74) is 7.80. The molecule has 0 spiro atoms. The van der Waals surface area contributed by atoms with E-state index in [0.717, 1.165) is 16.9 Å². The highest BCUT2D eigenvalue weighted by molar-refractivity contribution is 7.89. The predicted octanol–water partition coefficient (Wildman–Crippen LogP) is 2.81. The molecule has 1 aromatic heterocycles. The highest BCUT2D eigenvalue weighted by atomic mass is 32.2. The summed E-state index contributed by atoms with van der Waals surface area (Å²) in [7, 11) is -3.52. The van der Waals surface area contributed by atoms with Crippen molar-refractivity contribution in [1.29, 1.82) is 0 Å². The number of benzene rings is 1. The molecule has 4 nitrogen and oxygen atoms in total. The van der Waals surface area contributed by atoms with Gasteiger partial charge in [-0.05, 0) is 48.1 Å². The van der Waals surface area contributed by atoms with Crippen molar-refractivity contribution in [3.05, 3.63) is 51.7 Å². The smallest absolute Gasteiger partial charge is 0.240 e. The van der Waals surface area contributed by atoms with Gasteiger partial charge in [-0.3, -0.25) is 0 Å². The van der Waals surface area contributed by atoms with Crippen molar-refractivity contribution in [1.82, 2.24) is 4.72 Å². The molecule has 0 aliphatic rings. The third-order valence-electron chi connectivity index (χ3n) is 3.34. The lowest BCUT2D eigenvalue weighted by Crippen LogP contribution is -2.23. The molecule has 1 aromatic carbocycles. The van der Waals surface area contributed by atoms with E-state index in [1.54, 1.807) is 29.5 Å². The number of thiophene rings is 1. The Bertz CT molecular complexity index is 706. The maximum absolute atomic E-state index is 12.4. The van der Waals surface area contributed by atoms with Gasteiger partial charge in [0.25, 0.3) is 0 Å². The van der Waals surface area contributed by atoms with Crippen molar-refractivity contribution in [2.75, 3.05) is 0 Å². The minimum absolute atomic E-state index is 0.191. The van der Waals surface area contributed by atoms with E-state index in [4.69, 9.17) is 5.73 Å². The molecule has 0 aliphatic carbocycles. The molecule has 114 valence electrons. The van der Waals surface area contributed by atoms with Gasteiger partial charge in [0.15, 0.2) is 0 Å². The predicted molar refractivity (Wildman–Crippen MR) is 86.8 cm³/mol. The van der Waals surface area contributed by atoms with Crippen LogP contribution in [0.5, 0.6) is 0 Å². The second kappa shape index (κ2) is 6.70. The Balaban J connectivity index is 2.17. The van der Waals surface area contributed by atoms with E-state index in [-0.39, 0.29) is 10.9 Å². The number of hydrogen-bond donors (Lipinski definition) is 2. The van der Waals surface area contributed by atoms with Crippen LogP contribution in [-0.2, 0) is 23.0 Å². The van der Waals surface area contributed by atoms with Gasteiger partial charge in [-0.15, -0.1) is 11.3 Å². The Hall–Kier alpha value is -1.21. The van der Waals surface area contributed by atoms with Crippen LogP contribution in [0.3, 0.4) is 0 Å². The molecule has 6 heteroatoms. The molecule has 0 saturated carbocycles. The van der Waals surface area contributed by atoms with E-state index in [0.29, 0.717) is 6.54 Å². The standard InChI is InChI=1S/C15H20N2O2S2/c1-3-12-7-8-20-15(12)10-17-21(18,19)14-6-4-5-13(9-14)11(2)16/h4-9,11,17H,3,10,16H2,1-2H3. The summed E-state index contributed by atoms with van der Waals surface area (Å²) < 4.78 is 27.4. The molecule has 1 heterocycles. The van der Waals surface area contributed by atoms with Crippen LogP contribution >= 0.6 is 11.3 Å². The molecule has 0 aliphatic heterocycles. The topological polar surface area (TPSA) is 72.2 Å². The first-order valence-electron chi connectivity index (χ1n) is 6.84. The zero-order valence-corrected chi connectivity index (χ0v) is 13.8. The Morgan fingerprint density at radius 1 is 1.33 bits per heavy atom. The van der Waals surface area contributed by atoms with Crippen molar-refractivity contribution in [2.24, 2.45) is 5.73 Å². The van der Waals surface area contributed by atoms with E-state index in [9.17, 15) is 8.42 Å². The Labute approximate surface area is 130 Å². The average molecular weight is 324 g/mol. The number of aryl methyl sites for hydroxylation is 1. The number of rotatable bonds is 6. The number of nitrogens with one attached hydrogen (secondary N) is 1. The zero-order chi connectivity index (χ0) is 15.5. The van der Waals surface area contributed by atoms with Gasteiger partial charge < -0.3 is 5.73 Å². The summed E-state index contributed by atoms with van der Waals surface area (Å²) in [4.78, 5) is 1.32. The fourth-order valence-electron chi connectivity index (χ4n) is 2.05. The van der Waals surface area contributed by atoms with Crippen LogP contribution in [0, 0.1) is 0 Å². The van der Waals surface area contributed by atoms with Gasteiger partial charge in [-0.2, -0.15) is 0 Å². The molecule has 2 aromatic rings. The monoisotopic (exact) mass is 324 g/mol. The molecule has 1 atom stereocenters. The highest BCUT2D eigenvalue weighted by Gasteiger charge is 2.16. The van der Waals surface area contributed by atoms with E-state index < -0.39 is 10.0 Å². The van der Waals surface area contributed by atoms with Crippen LogP contribution in [-0.4, -0.2) is 8.42 Å². The van der Waals surface area contributed by atoms with Gasteiger partial charge in [0.2, 0.25) is 10.0 Å². The molecule has 1 unspecified atom stereocenters. The second-order valence-electron chi connectivity index (χ2n) is 4.91. The molecule has 3 N–H and O–H groups in total. The quantitative estimate of drug-likeness (QED) is 0.858. The van der Waals surface area contributed by atoms with Crippen LogP contribution < -0.4 is 10.5 Å². The molecule has 0 saturated heterocycles. The van der Waals surface area contributed by atoms with Gasteiger partial charge in [-0.25, -0.2) is 13.1 Å². The first kappa shape index (κ1) is 16.2. The van der Waals surface area contributed by atoms with Gasteiger partial charge in [0.05, 0.1) is 4.90 Å². The maximum Gasteiger partial charge on any atom is 0.240 e. The summed E-state index contributed by atoms with van der Waals surface area (Å²) in [5.74, 6) is 0. The molecular formula is C15H20N2O2S2. The largest absolute Gasteiger partial charge is 0.324 e. The molecule has 0 radical (unpaired) electrons. The van der Waals surface area contributed by atoms with E-state index in [1.807, 2.05) is 24.4 Å². The van der Waals surface area contributed by atoms with E-state index in [2.05, 4.69) is 11.6 Å². The lowest BCUT2D eigenvalue weighted by atomic mass is 10.1. The fourth-order valence-corrected chi connectivity index (χ4v) is 4.10. The Morgan fingerprint density at radius 3 is 2.76 bits per heavy atom. The number of sulfonamides is 1. The minimum atomic E-state index is -3.52. The van der Waals surface area contributed by atoms with Crippen molar-refractivity contribution >= 4 is 21.4 Å². The van der Waals surface area contributed by atoms with Crippen molar-refractivity contribution in [2.45, 2.75) is 37.8 Å². The summed E-state index contributed by atoms with van der Waals surface area (Å²) in [6.45, 7) is 4.22. The minimum Gasteiger partial charge on any atom is -0.324 e. The van der Waals surface area contributed by atoms with Crippen LogP contribution in [0.1, 0.15) is 35.9 Å². The normalized spacial score (nSPS) is 13.3. The van der Waals surface area contributed by atoms with Gasteiger partial charge in [-0.1, -0.05) is 19.1 Å². The summed E-state index contributed by atoms with van der Waals surface area (Å²) in [6, 6.07) is 8.61. The van der Waals surface area contributed by atoms with Crippen molar-refractivity contribution in [3.63, 3.8) is 0 Å². The average Bonchev–Trinajstić information content (AvgIpc) is 2.93. The Morgan fingerprint density at radius 2 is 2.10 bits per heavy atom. The molecule has 21 heavy (non-hydrogen) atoms. The van der Waals surface area contributed by atoms with Crippen molar-refractivity contribution in [3.8, 4) is 0 Å². The molecule has 0 fully saturated rings. The summed E-state index contributed by atoms with van der Waals surface area (Å²) in [5, 5.41) is 1.99. The first-order chi connectivity index (χ1) is 9.94. The first-order valence-corrected chi connectivity index (χ1v) is 9.20. The number of nitrogens with two attached hydrogens (primary N) is 1. The van der Waals surface area contributed by atoms with Crippen LogP contribution in [0.15, 0.2) is 40.6 Å². The zero-order valence-electron chi connectivity index (χ0n) is 12.2. The molecule has 0 bridgehead atoms. The molecule has 2 rings (SSSR count). The third-order valence-corrected chi connectivity index (χ3v) is 5.70. The van der Waals surface area contributed by atoms with Gasteiger partial charge in [0.1, 0.15) is 0 Å². The fraction of sp³-hybridized carbons (Fsp3) is 0.333. The molecule has 0 amide bonds. The molecular weight excluding hydrogens is 304 g/mol. The van der Waals surface area contributed by atoms with E-state index in [1.165, 1.54) is 5.56 Å². The summed E-state index contributed by atoms with van der Waals surface area (Å²) >= 11 is 1.57. The van der Waals surface area contributed by atoms with E-state index >= 15 is 0 Å². The Kier molecular flexibility index (Phi) is 5.16. The SMILES string of the molecule is CCc1ccsc1CNS(=O)(=O)c1cccc(C(C)N)c1. The van der Waals surface area contributed by atoms with Crippen LogP contribution in [0.4, 0.5) is 0 Å². The van der Waals surface area contributed by atoms with Gasteiger partial charge in [0, 0.05) is 17.5 Å².